The molecule has 19 heavy (non-hydrogen) atoms. The van der Waals surface area contributed by atoms with Gasteiger partial charge in [-0.25, -0.2) is 4.39 Å². The maximum absolute atomic E-state index is 12.9. The fourth-order valence-corrected chi connectivity index (χ4v) is 1.94. The van der Waals surface area contributed by atoms with E-state index in [1.165, 1.54) is 25.0 Å². The molecule has 0 radical (unpaired) electrons. The van der Waals surface area contributed by atoms with Gasteiger partial charge >= 0.3 is 0 Å². The first-order valence-corrected chi connectivity index (χ1v) is 7.51. The summed E-state index contributed by atoms with van der Waals surface area (Å²) in [4.78, 5) is 11.3. The summed E-state index contributed by atoms with van der Waals surface area (Å²) in [6, 6.07) is 6.23. The highest BCUT2D eigenvalue weighted by Crippen LogP contribution is 2.31. The van der Waals surface area contributed by atoms with Crippen LogP contribution in [0.5, 0.6) is 0 Å². The number of ether oxygens (including phenoxy) is 1. The Kier molecular flexibility index (Phi) is 5.34. The lowest BCUT2D eigenvalue weighted by molar-refractivity contribution is -0.119. The van der Waals surface area contributed by atoms with Crippen LogP contribution in [0.4, 0.5) is 4.39 Å². The van der Waals surface area contributed by atoms with E-state index in [1.807, 2.05) is 0 Å². The third kappa shape index (κ3) is 4.91. The number of hydrogen-bond acceptors (Lipinski definition) is 2. The molecule has 104 valence electrons. The number of carbonyl (C=O) groups is 1. The van der Waals surface area contributed by atoms with E-state index < -0.39 is 0 Å². The third-order valence-corrected chi connectivity index (χ3v) is 3.59. The number of halogens is 2. The second-order valence-corrected chi connectivity index (χ2v) is 5.32. The van der Waals surface area contributed by atoms with Gasteiger partial charge in [-0.15, -0.1) is 0 Å². The highest BCUT2D eigenvalue weighted by molar-refractivity contribution is 9.09. The summed E-state index contributed by atoms with van der Waals surface area (Å²) in [6.45, 7) is 1.11. The molecule has 2 rings (SSSR count). The topological polar surface area (TPSA) is 38.3 Å². The first-order chi connectivity index (χ1) is 9.19. The quantitative estimate of drug-likeness (QED) is 0.781. The minimum atomic E-state index is -0.269. The molecule has 0 bridgehead atoms. The first kappa shape index (κ1) is 14.5. The summed E-state index contributed by atoms with van der Waals surface area (Å²) in [5.74, 6) is 0.297. The van der Waals surface area contributed by atoms with Crippen LogP contribution < -0.4 is 5.32 Å². The lowest BCUT2D eigenvalue weighted by Crippen LogP contribution is -2.30. The molecule has 1 aliphatic carbocycles. The average Bonchev–Trinajstić information content (AvgIpc) is 3.24. The normalized spacial score (nSPS) is 16.1. The predicted molar refractivity (Wildman–Crippen MR) is 74.6 cm³/mol. The van der Waals surface area contributed by atoms with Crippen molar-refractivity contribution in [3.63, 3.8) is 0 Å². The number of carbonyl (C=O) groups excluding carboxylic acids is 1. The van der Waals surface area contributed by atoms with Crippen LogP contribution in [0.2, 0.25) is 0 Å². The molecule has 1 atom stereocenters. The maximum Gasteiger partial charge on any atom is 0.230 e. The van der Waals surface area contributed by atoms with Crippen molar-refractivity contribution in [2.45, 2.75) is 18.9 Å². The molecule has 1 fully saturated rings. The van der Waals surface area contributed by atoms with Crippen molar-refractivity contribution in [3.05, 3.63) is 35.6 Å². The van der Waals surface area contributed by atoms with Crippen LogP contribution in [-0.2, 0) is 9.53 Å². The van der Waals surface area contributed by atoms with Gasteiger partial charge in [-0.05, 0) is 36.5 Å². The molecule has 1 amide bonds. The summed E-state index contributed by atoms with van der Waals surface area (Å²) < 4.78 is 18.8. The number of nitrogens with one attached hydrogen (secondary N) is 1. The molecule has 3 nitrogen and oxygen atoms in total. The molecule has 5 heteroatoms. The van der Waals surface area contributed by atoms with Gasteiger partial charge in [0.2, 0.25) is 5.91 Å². The average molecular weight is 330 g/mol. The number of amides is 1. The highest BCUT2D eigenvalue weighted by Gasteiger charge is 2.24. The minimum absolute atomic E-state index is 0.0814. The van der Waals surface area contributed by atoms with E-state index in [1.54, 1.807) is 12.1 Å². The van der Waals surface area contributed by atoms with Crippen molar-refractivity contribution >= 4 is 21.8 Å². The molecule has 0 aliphatic heterocycles. The summed E-state index contributed by atoms with van der Waals surface area (Å²) in [5.41, 5.74) is 0.886. The van der Waals surface area contributed by atoms with Crippen LogP contribution in [0.3, 0.4) is 0 Å². The monoisotopic (exact) mass is 329 g/mol. The van der Waals surface area contributed by atoms with E-state index in [-0.39, 0.29) is 23.2 Å². The minimum Gasteiger partial charge on any atom is -0.371 e. The van der Waals surface area contributed by atoms with Crippen molar-refractivity contribution in [2.75, 3.05) is 18.5 Å². The Balaban J connectivity index is 1.94. The van der Waals surface area contributed by atoms with Crippen LogP contribution in [0, 0.1) is 11.7 Å². The van der Waals surface area contributed by atoms with Gasteiger partial charge in [-0.1, -0.05) is 28.1 Å². The van der Waals surface area contributed by atoms with Gasteiger partial charge in [0.15, 0.2) is 0 Å². The van der Waals surface area contributed by atoms with Crippen LogP contribution in [0.15, 0.2) is 24.3 Å². The standard InChI is InChI=1S/C14H17BrFNO2/c15-7-14(18)17-8-13(19-9-10-1-2-10)11-3-5-12(16)6-4-11/h3-6,10,13H,1-2,7-9H2,(H,17,18). The van der Waals surface area contributed by atoms with Gasteiger partial charge in [0, 0.05) is 6.54 Å². The van der Waals surface area contributed by atoms with Crippen molar-refractivity contribution in [1.29, 1.82) is 0 Å². The Morgan fingerprint density at radius 2 is 2.11 bits per heavy atom. The Bertz CT molecular complexity index is 420. The SMILES string of the molecule is O=C(CBr)NCC(OCC1CC1)c1ccc(F)cc1. The Labute approximate surface area is 120 Å². The Hall–Kier alpha value is -0.940. The molecule has 0 saturated heterocycles. The first-order valence-electron chi connectivity index (χ1n) is 6.38. The number of alkyl halides is 1. The second-order valence-electron chi connectivity index (χ2n) is 4.75. The Morgan fingerprint density at radius 1 is 1.42 bits per heavy atom. The van der Waals surface area contributed by atoms with E-state index in [0.717, 1.165) is 5.56 Å². The Morgan fingerprint density at radius 3 is 2.68 bits per heavy atom. The third-order valence-electron chi connectivity index (χ3n) is 3.08. The van der Waals surface area contributed by atoms with E-state index in [0.29, 0.717) is 19.1 Å². The molecular weight excluding hydrogens is 313 g/mol. The van der Waals surface area contributed by atoms with E-state index in [9.17, 15) is 9.18 Å². The lowest BCUT2D eigenvalue weighted by atomic mass is 10.1. The summed E-state index contributed by atoms with van der Waals surface area (Å²) >= 11 is 3.10. The summed E-state index contributed by atoms with van der Waals surface area (Å²) in [6.07, 6.45) is 2.21. The van der Waals surface area contributed by atoms with Gasteiger partial charge in [-0.2, -0.15) is 0 Å². The number of benzene rings is 1. The van der Waals surface area contributed by atoms with Crippen LogP contribution in [0.25, 0.3) is 0 Å². The molecule has 1 unspecified atom stereocenters. The predicted octanol–water partition coefficient (Wildman–Crippen LogP) is 2.80. The fourth-order valence-electron chi connectivity index (χ4n) is 1.74. The zero-order chi connectivity index (χ0) is 13.7. The second kappa shape index (κ2) is 7.01. The smallest absolute Gasteiger partial charge is 0.230 e. The maximum atomic E-state index is 12.9. The zero-order valence-electron chi connectivity index (χ0n) is 10.6. The van der Waals surface area contributed by atoms with Gasteiger partial charge < -0.3 is 10.1 Å². The summed E-state index contributed by atoms with van der Waals surface area (Å²) in [5, 5.41) is 3.05. The molecule has 1 aliphatic rings. The van der Waals surface area contributed by atoms with E-state index >= 15 is 0 Å². The molecule has 1 aromatic rings. The van der Waals surface area contributed by atoms with Crippen molar-refractivity contribution < 1.29 is 13.9 Å². The molecule has 1 saturated carbocycles. The molecule has 0 heterocycles. The molecule has 0 aromatic heterocycles. The summed E-state index contributed by atoms with van der Waals surface area (Å²) in [7, 11) is 0. The van der Waals surface area contributed by atoms with Crippen molar-refractivity contribution in [3.8, 4) is 0 Å². The van der Waals surface area contributed by atoms with Gasteiger partial charge in [-0.3, -0.25) is 4.79 Å². The van der Waals surface area contributed by atoms with Crippen LogP contribution in [-0.4, -0.2) is 24.4 Å². The lowest BCUT2D eigenvalue weighted by Gasteiger charge is -2.19. The molecule has 0 spiro atoms. The van der Waals surface area contributed by atoms with E-state index in [4.69, 9.17) is 4.74 Å². The van der Waals surface area contributed by atoms with Gasteiger partial charge in [0.1, 0.15) is 5.82 Å². The van der Waals surface area contributed by atoms with E-state index in [2.05, 4.69) is 21.2 Å². The molecule has 1 aromatic carbocycles. The van der Waals surface area contributed by atoms with Crippen LogP contribution in [0.1, 0.15) is 24.5 Å². The number of hydrogen-bond donors (Lipinski definition) is 1. The van der Waals surface area contributed by atoms with Crippen LogP contribution >= 0.6 is 15.9 Å². The molecular formula is C14H17BrFNO2. The molecule has 1 N–H and O–H groups in total. The highest BCUT2D eigenvalue weighted by atomic mass is 79.9. The number of rotatable bonds is 7. The zero-order valence-corrected chi connectivity index (χ0v) is 12.2. The van der Waals surface area contributed by atoms with Gasteiger partial charge in [0.05, 0.1) is 18.0 Å². The van der Waals surface area contributed by atoms with Crippen molar-refractivity contribution in [2.24, 2.45) is 5.92 Å². The van der Waals surface area contributed by atoms with Crippen molar-refractivity contribution in [1.82, 2.24) is 5.32 Å². The largest absolute Gasteiger partial charge is 0.371 e. The fraction of sp³-hybridized carbons (Fsp3) is 0.500. The van der Waals surface area contributed by atoms with Gasteiger partial charge in [0.25, 0.3) is 0 Å².